The molecule has 2 rings (SSSR count). The zero-order valence-corrected chi connectivity index (χ0v) is 13.7. The van der Waals surface area contributed by atoms with Crippen LogP contribution in [0.1, 0.15) is 15.9 Å². The molecular formula is C15H15ClN2O3S. The average molecular weight is 339 g/mol. The first-order valence-electron chi connectivity index (χ1n) is 6.43. The van der Waals surface area contributed by atoms with Crippen LogP contribution in [0.15, 0.2) is 47.6 Å². The van der Waals surface area contributed by atoms with Gasteiger partial charge in [-0.15, -0.1) is 0 Å². The molecule has 0 aliphatic heterocycles. The maximum atomic E-state index is 12.5. The summed E-state index contributed by atoms with van der Waals surface area (Å²) >= 11 is 6.03. The molecule has 7 heteroatoms. The lowest BCUT2D eigenvalue weighted by molar-refractivity contribution is 0.0785. The third-order valence-electron chi connectivity index (χ3n) is 3.09. The number of halogens is 1. The number of rotatable bonds is 4. The van der Waals surface area contributed by atoms with Gasteiger partial charge < -0.3 is 4.90 Å². The van der Waals surface area contributed by atoms with Crippen LogP contribution in [0.5, 0.6) is 0 Å². The number of benzene rings is 1. The Morgan fingerprint density at radius 2 is 2.05 bits per heavy atom. The van der Waals surface area contributed by atoms with E-state index in [1.807, 2.05) is 6.07 Å². The van der Waals surface area contributed by atoms with Gasteiger partial charge in [0.25, 0.3) is 5.91 Å². The molecule has 0 N–H and O–H groups in total. The molecule has 1 heterocycles. The van der Waals surface area contributed by atoms with Gasteiger partial charge in [0.1, 0.15) is 0 Å². The van der Waals surface area contributed by atoms with Crippen molar-refractivity contribution >= 4 is 27.3 Å². The minimum absolute atomic E-state index is 0.0648. The van der Waals surface area contributed by atoms with E-state index in [4.69, 9.17) is 11.6 Å². The second-order valence-corrected chi connectivity index (χ2v) is 7.36. The number of amides is 1. The molecule has 0 saturated carbocycles. The van der Waals surface area contributed by atoms with E-state index in [2.05, 4.69) is 4.98 Å². The van der Waals surface area contributed by atoms with Crippen LogP contribution in [-0.4, -0.2) is 37.5 Å². The number of pyridine rings is 1. The summed E-state index contributed by atoms with van der Waals surface area (Å²) in [6.45, 7) is 0.353. The first-order valence-corrected chi connectivity index (χ1v) is 8.70. The predicted octanol–water partition coefficient (Wildman–Crippen LogP) is 2.41. The lowest BCUT2D eigenvalue weighted by Crippen LogP contribution is -2.26. The maximum Gasteiger partial charge on any atom is 0.255 e. The molecule has 116 valence electrons. The van der Waals surface area contributed by atoms with Gasteiger partial charge in [0.15, 0.2) is 9.84 Å². The van der Waals surface area contributed by atoms with Crippen LogP contribution in [-0.2, 0) is 16.4 Å². The molecule has 0 fully saturated rings. The standard InChI is InChI=1S/C15H15ClN2O3S/c1-18(10-11-4-3-7-17-9-11)15(19)13-8-12(22(2,20)21)5-6-14(13)16/h3-9H,10H2,1-2H3. The summed E-state index contributed by atoms with van der Waals surface area (Å²) in [5.74, 6) is -0.348. The van der Waals surface area contributed by atoms with Crippen LogP contribution >= 0.6 is 11.6 Å². The van der Waals surface area contributed by atoms with Gasteiger partial charge in [-0.1, -0.05) is 17.7 Å². The van der Waals surface area contributed by atoms with Crippen molar-refractivity contribution in [3.05, 3.63) is 58.9 Å². The minimum atomic E-state index is -3.40. The van der Waals surface area contributed by atoms with Crippen LogP contribution in [0.4, 0.5) is 0 Å². The SMILES string of the molecule is CN(Cc1cccnc1)C(=O)c1cc(S(C)(=O)=O)ccc1Cl. The van der Waals surface area contributed by atoms with E-state index in [0.29, 0.717) is 6.54 Å². The van der Waals surface area contributed by atoms with E-state index >= 15 is 0 Å². The highest BCUT2D eigenvalue weighted by Gasteiger charge is 2.18. The van der Waals surface area contributed by atoms with Crippen molar-refractivity contribution in [3.63, 3.8) is 0 Å². The van der Waals surface area contributed by atoms with Gasteiger partial charge >= 0.3 is 0 Å². The Balaban J connectivity index is 2.29. The molecule has 2 aromatic rings. The molecule has 0 atom stereocenters. The van der Waals surface area contributed by atoms with Crippen molar-refractivity contribution in [2.45, 2.75) is 11.4 Å². The lowest BCUT2D eigenvalue weighted by Gasteiger charge is -2.18. The minimum Gasteiger partial charge on any atom is -0.337 e. The second-order valence-electron chi connectivity index (χ2n) is 4.94. The molecule has 1 aromatic heterocycles. The van der Waals surface area contributed by atoms with Gasteiger partial charge in [-0.25, -0.2) is 8.42 Å². The predicted molar refractivity (Wildman–Crippen MR) is 84.6 cm³/mol. The summed E-state index contributed by atoms with van der Waals surface area (Å²) in [6.07, 6.45) is 4.40. The Morgan fingerprint density at radius 1 is 1.32 bits per heavy atom. The molecule has 0 aliphatic rings. The Morgan fingerprint density at radius 3 is 2.64 bits per heavy atom. The largest absolute Gasteiger partial charge is 0.337 e. The lowest BCUT2D eigenvalue weighted by atomic mass is 10.2. The van der Waals surface area contributed by atoms with Crippen molar-refractivity contribution in [2.75, 3.05) is 13.3 Å². The molecule has 5 nitrogen and oxygen atoms in total. The maximum absolute atomic E-state index is 12.5. The molecule has 0 spiro atoms. The van der Waals surface area contributed by atoms with Gasteiger partial charge in [-0.2, -0.15) is 0 Å². The van der Waals surface area contributed by atoms with Gasteiger partial charge in [-0.3, -0.25) is 9.78 Å². The number of sulfone groups is 1. The van der Waals surface area contributed by atoms with Gasteiger partial charge in [0.05, 0.1) is 15.5 Å². The number of carbonyl (C=O) groups is 1. The fourth-order valence-corrected chi connectivity index (χ4v) is 2.79. The van der Waals surface area contributed by atoms with Crippen LogP contribution in [0.2, 0.25) is 5.02 Å². The quantitative estimate of drug-likeness (QED) is 0.858. The smallest absolute Gasteiger partial charge is 0.255 e. The van der Waals surface area contributed by atoms with Crippen LogP contribution in [0, 0.1) is 0 Å². The molecule has 0 unspecified atom stereocenters. The Bertz CT molecular complexity index is 792. The topological polar surface area (TPSA) is 67.3 Å². The average Bonchev–Trinajstić information content (AvgIpc) is 2.46. The van der Waals surface area contributed by atoms with Gasteiger partial charge in [0.2, 0.25) is 0 Å². The van der Waals surface area contributed by atoms with Crippen LogP contribution < -0.4 is 0 Å². The van der Waals surface area contributed by atoms with E-state index < -0.39 is 9.84 Å². The molecule has 0 saturated heterocycles. The molecule has 1 aromatic carbocycles. The van der Waals surface area contributed by atoms with E-state index in [1.54, 1.807) is 25.5 Å². The zero-order valence-electron chi connectivity index (χ0n) is 12.2. The number of aromatic nitrogens is 1. The monoisotopic (exact) mass is 338 g/mol. The number of nitrogens with zero attached hydrogens (tertiary/aromatic N) is 2. The fourth-order valence-electron chi connectivity index (χ4n) is 1.94. The van der Waals surface area contributed by atoms with E-state index in [1.165, 1.54) is 23.1 Å². The number of hydrogen-bond donors (Lipinski definition) is 0. The summed E-state index contributed by atoms with van der Waals surface area (Å²) < 4.78 is 23.2. The highest BCUT2D eigenvalue weighted by Crippen LogP contribution is 2.22. The van der Waals surface area contributed by atoms with Crippen molar-refractivity contribution in [2.24, 2.45) is 0 Å². The van der Waals surface area contributed by atoms with E-state index in [0.717, 1.165) is 11.8 Å². The molecule has 22 heavy (non-hydrogen) atoms. The second kappa shape index (κ2) is 6.46. The summed E-state index contributed by atoms with van der Waals surface area (Å²) in [5, 5.41) is 0.218. The third-order valence-corrected chi connectivity index (χ3v) is 4.53. The summed E-state index contributed by atoms with van der Waals surface area (Å²) in [7, 11) is -1.78. The van der Waals surface area contributed by atoms with E-state index in [9.17, 15) is 13.2 Å². The summed E-state index contributed by atoms with van der Waals surface area (Å²) in [6, 6.07) is 7.74. The molecule has 0 radical (unpaired) electrons. The van der Waals surface area contributed by atoms with Crippen molar-refractivity contribution in [1.82, 2.24) is 9.88 Å². The molecular weight excluding hydrogens is 324 g/mol. The van der Waals surface area contributed by atoms with Crippen molar-refractivity contribution in [3.8, 4) is 0 Å². The fraction of sp³-hybridized carbons (Fsp3) is 0.200. The Hall–Kier alpha value is -1.92. The van der Waals surface area contributed by atoms with E-state index in [-0.39, 0.29) is 21.4 Å². The van der Waals surface area contributed by atoms with Gasteiger partial charge in [0, 0.05) is 32.2 Å². The van der Waals surface area contributed by atoms with Crippen molar-refractivity contribution < 1.29 is 13.2 Å². The van der Waals surface area contributed by atoms with Crippen LogP contribution in [0.3, 0.4) is 0 Å². The first kappa shape index (κ1) is 16.5. The Labute approximate surface area is 134 Å². The van der Waals surface area contributed by atoms with Crippen LogP contribution in [0.25, 0.3) is 0 Å². The van der Waals surface area contributed by atoms with Crippen molar-refractivity contribution in [1.29, 1.82) is 0 Å². The molecule has 0 bridgehead atoms. The Kier molecular flexibility index (Phi) is 4.83. The highest BCUT2D eigenvalue weighted by molar-refractivity contribution is 7.90. The highest BCUT2D eigenvalue weighted by atomic mass is 35.5. The first-order chi connectivity index (χ1) is 10.3. The number of carbonyl (C=O) groups excluding carboxylic acids is 1. The third kappa shape index (κ3) is 3.84. The summed E-state index contributed by atoms with van der Waals surface area (Å²) in [5.41, 5.74) is 1.03. The molecule has 0 aliphatic carbocycles. The summed E-state index contributed by atoms with van der Waals surface area (Å²) in [4.78, 5) is 18.0. The molecule has 1 amide bonds. The van der Waals surface area contributed by atoms with Gasteiger partial charge in [-0.05, 0) is 29.8 Å². The number of hydrogen-bond acceptors (Lipinski definition) is 4. The zero-order chi connectivity index (χ0) is 16.3. The normalized spacial score (nSPS) is 11.2.